The molecule has 0 amide bonds. The van der Waals surface area contributed by atoms with E-state index in [2.05, 4.69) is 17.5 Å². The van der Waals surface area contributed by atoms with Crippen molar-refractivity contribution in [1.29, 1.82) is 0 Å². The fourth-order valence-electron chi connectivity index (χ4n) is 1.57. The van der Waals surface area contributed by atoms with Crippen LogP contribution in [0.1, 0.15) is 12.0 Å². The minimum atomic E-state index is -0.187. The molecule has 0 unspecified atom stereocenters. The second kappa shape index (κ2) is 4.89. The molecule has 0 radical (unpaired) electrons. The number of benzene rings is 1. The highest BCUT2D eigenvalue weighted by atomic mass is 19.1. The lowest BCUT2D eigenvalue weighted by Crippen LogP contribution is -2.19. The van der Waals surface area contributed by atoms with E-state index in [9.17, 15) is 4.39 Å². The molecule has 1 aromatic rings. The molecule has 0 saturated heterocycles. The smallest absolute Gasteiger partial charge is 0.123 e. The minimum absolute atomic E-state index is 0.187. The van der Waals surface area contributed by atoms with Crippen molar-refractivity contribution in [3.05, 3.63) is 53.4 Å². The van der Waals surface area contributed by atoms with Crippen LogP contribution in [-0.4, -0.2) is 13.1 Å². The van der Waals surface area contributed by atoms with Gasteiger partial charge in [-0.05, 0) is 36.2 Å². The molecule has 0 aromatic heterocycles. The number of allylic oxidation sites excluding steroid dienone is 1. The maximum Gasteiger partial charge on any atom is 0.123 e. The molecule has 0 bridgehead atoms. The maximum absolute atomic E-state index is 12.6. The summed E-state index contributed by atoms with van der Waals surface area (Å²) in [5, 5.41) is 3.26. The zero-order valence-corrected chi connectivity index (χ0v) is 8.54. The van der Waals surface area contributed by atoms with Gasteiger partial charge in [0.1, 0.15) is 5.82 Å². The Bertz CT molecular complexity index is 376. The van der Waals surface area contributed by atoms with Crippen LogP contribution in [0.3, 0.4) is 0 Å². The van der Waals surface area contributed by atoms with Crippen molar-refractivity contribution in [2.24, 2.45) is 0 Å². The van der Waals surface area contributed by atoms with Crippen LogP contribution in [0.5, 0.6) is 0 Å². The highest BCUT2D eigenvalue weighted by Crippen LogP contribution is 2.10. The number of hydrogen-bond acceptors (Lipinski definition) is 1. The van der Waals surface area contributed by atoms with Gasteiger partial charge in [0, 0.05) is 6.54 Å². The summed E-state index contributed by atoms with van der Waals surface area (Å²) < 4.78 is 12.6. The van der Waals surface area contributed by atoms with E-state index in [0.717, 1.165) is 25.1 Å². The molecule has 78 valence electrons. The molecule has 1 aromatic carbocycles. The van der Waals surface area contributed by atoms with Crippen LogP contribution >= 0.6 is 0 Å². The van der Waals surface area contributed by atoms with E-state index in [-0.39, 0.29) is 5.82 Å². The average molecular weight is 203 g/mol. The van der Waals surface area contributed by atoms with Crippen LogP contribution < -0.4 is 5.32 Å². The highest BCUT2D eigenvalue weighted by Gasteiger charge is 1.98. The number of nitrogens with one attached hydrogen (secondary N) is 1. The van der Waals surface area contributed by atoms with Crippen LogP contribution in [0.25, 0.3) is 6.08 Å². The summed E-state index contributed by atoms with van der Waals surface area (Å²) >= 11 is 0. The Labute approximate surface area is 89.3 Å². The second-order valence-corrected chi connectivity index (χ2v) is 3.62. The van der Waals surface area contributed by atoms with Gasteiger partial charge < -0.3 is 5.32 Å². The molecule has 0 saturated carbocycles. The van der Waals surface area contributed by atoms with Crippen molar-refractivity contribution in [3.8, 4) is 0 Å². The molecular formula is C13H14FN. The summed E-state index contributed by atoms with van der Waals surface area (Å²) in [7, 11) is 0. The molecular weight excluding hydrogens is 189 g/mol. The van der Waals surface area contributed by atoms with Gasteiger partial charge in [0.25, 0.3) is 0 Å². The molecule has 2 rings (SSSR count). The zero-order valence-electron chi connectivity index (χ0n) is 8.54. The third-order valence-electron chi connectivity index (χ3n) is 2.46. The Morgan fingerprint density at radius 1 is 1.13 bits per heavy atom. The molecule has 0 atom stereocenters. The molecule has 0 fully saturated rings. The van der Waals surface area contributed by atoms with E-state index < -0.39 is 0 Å². The zero-order chi connectivity index (χ0) is 10.5. The first-order valence-electron chi connectivity index (χ1n) is 5.18. The molecule has 0 aliphatic carbocycles. The van der Waals surface area contributed by atoms with Gasteiger partial charge in [-0.3, -0.25) is 0 Å². The average Bonchev–Trinajstić information content (AvgIpc) is 2.30. The van der Waals surface area contributed by atoms with Gasteiger partial charge in [-0.1, -0.05) is 30.4 Å². The summed E-state index contributed by atoms with van der Waals surface area (Å²) in [6.45, 7) is 1.99. The van der Waals surface area contributed by atoms with Gasteiger partial charge in [0.15, 0.2) is 0 Å². The molecule has 15 heavy (non-hydrogen) atoms. The highest BCUT2D eigenvalue weighted by molar-refractivity contribution is 5.52. The van der Waals surface area contributed by atoms with Crippen LogP contribution in [0, 0.1) is 5.82 Å². The minimum Gasteiger partial charge on any atom is -0.313 e. The van der Waals surface area contributed by atoms with Crippen molar-refractivity contribution < 1.29 is 4.39 Å². The third-order valence-corrected chi connectivity index (χ3v) is 2.46. The van der Waals surface area contributed by atoms with Crippen molar-refractivity contribution in [1.82, 2.24) is 5.32 Å². The van der Waals surface area contributed by atoms with Crippen molar-refractivity contribution in [2.45, 2.75) is 6.42 Å². The lowest BCUT2D eigenvalue weighted by atomic mass is 10.1. The lowest BCUT2D eigenvalue weighted by Gasteiger charge is -2.09. The summed E-state index contributed by atoms with van der Waals surface area (Å²) in [5.41, 5.74) is 2.38. The molecule has 2 heteroatoms. The molecule has 1 aliphatic heterocycles. The Morgan fingerprint density at radius 3 is 2.60 bits per heavy atom. The first kappa shape index (κ1) is 10.1. The second-order valence-electron chi connectivity index (χ2n) is 3.62. The van der Waals surface area contributed by atoms with Crippen molar-refractivity contribution in [2.75, 3.05) is 13.1 Å². The SMILES string of the molecule is Fc1ccc(C=CC2=CCNCC2)cc1. The quantitative estimate of drug-likeness (QED) is 0.779. The van der Waals surface area contributed by atoms with E-state index in [1.54, 1.807) is 12.1 Å². The first-order valence-corrected chi connectivity index (χ1v) is 5.18. The summed E-state index contributed by atoms with van der Waals surface area (Å²) in [6.07, 6.45) is 7.38. The monoisotopic (exact) mass is 203 g/mol. The fourth-order valence-corrected chi connectivity index (χ4v) is 1.57. The lowest BCUT2D eigenvalue weighted by molar-refractivity contribution is 0.628. The van der Waals surface area contributed by atoms with Crippen LogP contribution in [0.4, 0.5) is 4.39 Å². The predicted molar refractivity (Wildman–Crippen MR) is 61.0 cm³/mol. The van der Waals surface area contributed by atoms with Gasteiger partial charge in [-0.15, -0.1) is 0 Å². The van der Waals surface area contributed by atoms with Crippen LogP contribution in [0.15, 0.2) is 42.0 Å². The van der Waals surface area contributed by atoms with Crippen LogP contribution in [0.2, 0.25) is 0 Å². The van der Waals surface area contributed by atoms with Gasteiger partial charge in [0.2, 0.25) is 0 Å². The largest absolute Gasteiger partial charge is 0.313 e. The maximum atomic E-state index is 12.6. The van der Waals surface area contributed by atoms with Crippen molar-refractivity contribution in [3.63, 3.8) is 0 Å². The topological polar surface area (TPSA) is 12.0 Å². The summed E-state index contributed by atoms with van der Waals surface area (Å²) in [6, 6.07) is 6.54. The Morgan fingerprint density at radius 2 is 1.93 bits per heavy atom. The van der Waals surface area contributed by atoms with E-state index in [1.165, 1.54) is 17.7 Å². The number of rotatable bonds is 2. The molecule has 1 nitrogen and oxygen atoms in total. The third kappa shape index (κ3) is 3.03. The standard InChI is InChI=1S/C13H14FN/c14-13-5-3-11(4-6-13)1-2-12-7-9-15-10-8-12/h1-7,15H,8-10H2. The van der Waals surface area contributed by atoms with Crippen molar-refractivity contribution >= 4 is 6.08 Å². The van der Waals surface area contributed by atoms with E-state index >= 15 is 0 Å². The van der Waals surface area contributed by atoms with E-state index in [1.807, 2.05) is 6.08 Å². The first-order chi connectivity index (χ1) is 7.34. The summed E-state index contributed by atoms with van der Waals surface area (Å²) in [4.78, 5) is 0. The van der Waals surface area contributed by atoms with Gasteiger partial charge in [-0.25, -0.2) is 4.39 Å². The Hall–Kier alpha value is -1.41. The molecule has 1 N–H and O–H groups in total. The van der Waals surface area contributed by atoms with Gasteiger partial charge >= 0.3 is 0 Å². The molecule has 1 aliphatic rings. The van der Waals surface area contributed by atoms with Gasteiger partial charge in [-0.2, -0.15) is 0 Å². The molecule has 0 spiro atoms. The number of hydrogen-bond donors (Lipinski definition) is 1. The Balaban J connectivity index is 2.04. The molecule has 1 heterocycles. The number of halogens is 1. The van der Waals surface area contributed by atoms with Crippen LogP contribution in [-0.2, 0) is 0 Å². The normalized spacial score (nSPS) is 16.7. The fraction of sp³-hybridized carbons (Fsp3) is 0.231. The predicted octanol–water partition coefficient (Wildman–Crippen LogP) is 2.76. The van der Waals surface area contributed by atoms with E-state index in [0.29, 0.717) is 0 Å². The van der Waals surface area contributed by atoms with Gasteiger partial charge in [0.05, 0.1) is 0 Å². The summed E-state index contributed by atoms with van der Waals surface area (Å²) in [5.74, 6) is -0.187. The van der Waals surface area contributed by atoms with E-state index in [4.69, 9.17) is 0 Å². The Kier molecular flexibility index (Phi) is 3.30.